The Hall–Kier alpha value is -1.07. The molecule has 2 aromatic rings. The van der Waals surface area contributed by atoms with Crippen LogP contribution in [-0.4, -0.2) is 55.1 Å². The number of nitrogens with zero attached hydrogens (tertiary/aromatic N) is 2. The van der Waals surface area contributed by atoms with Crippen molar-refractivity contribution >= 4 is 22.6 Å². The van der Waals surface area contributed by atoms with Gasteiger partial charge >= 0.3 is 0 Å². The molecular weight excluding hydrogens is 298 g/mol. The summed E-state index contributed by atoms with van der Waals surface area (Å²) in [6.45, 7) is 7.75. The number of rotatable bonds is 3. The average molecular weight is 320 g/mol. The smallest absolute Gasteiger partial charge is 0.199 e. The van der Waals surface area contributed by atoms with E-state index in [9.17, 15) is 0 Å². The first kappa shape index (κ1) is 14.5. The van der Waals surface area contributed by atoms with Gasteiger partial charge in [0.25, 0.3) is 0 Å². The zero-order chi connectivity index (χ0) is 14.9. The minimum Gasteiger partial charge on any atom is -0.444 e. The molecule has 5 heteroatoms. The molecule has 2 aliphatic heterocycles. The fourth-order valence-electron chi connectivity index (χ4n) is 3.74. The highest BCUT2D eigenvalue weighted by atomic mass is 35.5. The first-order chi connectivity index (χ1) is 10.8. The molecule has 3 heterocycles. The monoisotopic (exact) mass is 319 g/mol. The molecule has 2 fully saturated rings. The molecule has 2 saturated heterocycles. The highest BCUT2D eigenvalue weighted by molar-refractivity contribution is 6.30. The second kappa shape index (κ2) is 6.20. The lowest BCUT2D eigenvalue weighted by Crippen LogP contribution is -2.49. The van der Waals surface area contributed by atoms with E-state index < -0.39 is 0 Å². The van der Waals surface area contributed by atoms with Crippen molar-refractivity contribution in [3.63, 3.8) is 0 Å². The number of halogens is 1. The number of likely N-dealkylation sites (tertiary alicyclic amines) is 1. The van der Waals surface area contributed by atoms with Crippen LogP contribution >= 0.6 is 11.6 Å². The Bertz CT molecular complexity index is 650. The van der Waals surface area contributed by atoms with E-state index >= 15 is 0 Å². The molecule has 1 aromatic heterocycles. The van der Waals surface area contributed by atoms with Crippen LogP contribution in [0.5, 0.6) is 0 Å². The van der Waals surface area contributed by atoms with Crippen molar-refractivity contribution in [1.29, 1.82) is 0 Å². The minimum atomic E-state index is 0.548. The molecule has 0 aliphatic carbocycles. The van der Waals surface area contributed by atoms with Crippen LogP contribution in [0.4, 0.5) is 0 Å². The van der Waals surface area contributed by atoms with Crippen molar-refractivity contribution in [3.05, 3.63) is 35.0 Å². The van der Waals surface area contributed by atoms with Crippen molar-refractivity contribution in [2.75, 3.05) is 39.3 Å². The van der Waals surface area contributed by atoms with Gasteiger partial charge in [-0.3, -0.25) is 9.80 Å². The number of fused-ring (bicyclic) bond motifs is 1. The molecular formula is C17H22ClN3O. The van der Waals surface area contributed by atoms with Crippen LogP contribution in [0.2, 0.25) is 5.22 Å². The molecule has 4 rings (SSSR count). The van der Waals surface area contributed by atoms with E-state index in [1.54, 1.807) is 0 Å². The molecule has 2 aliphatic rings. The summed E-state index contributed by atoms with van der Waals surface area (Å²) in [4.78, 5) is 5.14. The van der Waals surface area contributed by atoms with Crippen molar-refractivity contribution in [3.8, 4) is 0 Å². The lowest BCUT2D eigenvalue weighted by molar-refractivity contribution is 0.170. The summed E-state index contributed by atoms with van der Waals surface area (Å²) < 4.78 is 5.67. The van der Waals surface area contributed by atoms with E-state index in [-0.39, 0.29) is 0 Å². The predicted molar refractivity (Wildman–Crippen MR) is 89.3 cm³/mol. The number of benzene rings is 1. The molecule has 118 valence electrons. The van der Waals surface area contributed by atoms with Crippen molar-refractivity contribution < 1.29 is 4.42 Å². The van der Waals surface area contributed by atoms with Gasteiger partial charge in [0.1, 0.15) is 5.58 Å². The van der Waals surface area contributed by atoms with Gasteiger partial charge in [0.2, 0.25) is 0 Å². The number of para-hydroxylation sites is 1. The van der Waals surface area contributed by atoms with E-state index in [4.69, 9.17) is 16.0 Å². The standard InChI is InChI=1S/C17H22ClN3O/c18-17-15(14-3-1-2-4-16(14)22-17)12-20-8-5-13(11-20)21-9-6-19-7-10-21/h1-4,13,19H,5-12H2. The van der Waals surface area contributed by atoms with E-state index in [2.05, 4.69) is 21.2 Å². The van der Waals surface area contributed by atoms with Gasteiger partial charge in [0, 0.05) is 62.8 Å². The Morgan fingerprint density at radius 2 is 2.00 bits per heavy atom. The maximum absolute atomic E-state index is 6.32. The molecule has 4 nitrogen and oxygen atoms in total. The van der Waals surface area contributed by atoms with Crippen LogP contribution in [0.3, 0.4) is 0 Å². The summed E-state index contributed by atoms with van der Waals surface area (Å²) in [5.74, 6) is 0. The molecule has 1 aromatic carbocycles. The zero-order valence-corrected chi connectivity index (χ0v) is 13.5. The van der Waals surface area contributed by atoms with Crippen molar-refractivity contribution in [2.24, 2.45) is 0 Å². The van der Waals surface area contributed by atoms with Gasteiger partial charge in [0.05, 0.1) is 0 Å². The Morgan fingerprint density at radius 3 is 2.86 bits per heavy atom. The number of furan rings is 1. The number of hydrogen-bond acceptors (Lipinski definition) is 4. The van der Waals surface area contributed by atoms with E-state index in [1.807, 2.05) is 18.2 Å². The summed E-state index contributed by atoms with van der Waals surface area (Å²) >= 11 is 6.32. The highest BCUT2D eigenvalue weighted by Gasteiger charge is 2.29. The van der Waals surface area contributed by atoms with E-state index in [0.717, 1.165) is 49.3 Å². The Kier molecular flexibility index (Phi) is 4.09. The predicted octanol–water partition coefficient (Wildman–Crippen LogP) is 2.57. The number of nitrogens with one attached hydrogen (secondary N) is 1. The van der Waals surface area contributed by atoms with Crippen LogP contribution in [0.15, 0.2) is 28.7 Å². The quantitative estimate of drug-likeness (QED) is 0.942. The summed E-state index contributed by atoms with van der Waals surface area (Å²) in [5, 5.41) is 5.13. The first-order valence-corrected chi connectivity index (χ1v) is 8.52. The van der Waals surface area contributed by atoms with Crippen LogP contribution in [0, 0.1) is 0 Å². The van der Waals surface area contributed by atoms with Crippen LogP contribution in [0.25, 0.3) is 11.0 Å². The topological polar surface area (TPSA) is 31.7 Å². The molecule has 0 spiro atoms. The fourth-order valence-corrected chi connectivity index (χ4v) is 3.99. The third-order valence-corrected chi connectivity index (χ3v) is 5.25. The van der Waals surface area contributed by atoms with Gasteiger partial charge in [-0.25, -0.2) is 0 Å². The maximum atomic E-state index is 6.32. The number of hydrogen-bond donors (Lipinski definition) is 1. The largest absolute Gasteiger partial charge is 0.444 e. The van der Waals surface area contributed by atoms with Crippen LogP contribution in [-0.2, 0) is 6.54 Å². The Labute approximate surface area is 136 Å². The summed E-state index contributed by atoms with van der Waals surface area (Å²) in [6.07, 6.45) is 1.26. The van der Waals surface area contributed by atoms with Gasteiger partial charge in [-0.05, 0) is 24.1 Å². The van der Waals surface area contributed by atoms with Crippen molar-refractivity contribution in [2.45, 2.75) is 19.0 Å². The second-order valence-electron chi connectivity index (χ2n) is 6.31. The molecule has 0 bridgehead atoms. The SMILES string of the molecule is Clc1oc2ccccc2c1CN1CCC(N2CCNCC2)C1. The molecule has 22 heavy (non-hydrogen) atoms. The summed E-state index contributed by atoms with van der Waals surface area (Å²) in [7, 11) is 0. The molecule has 0 radical (unpaired) electrons. The lowest BCUT2D eigenvalue weighted by Gasteiger charge is -2.32. The highest BCUT2D eigenvalue weighted by Crippen LogP contribution is 2.31. The molecule has 0 saturated carbocycles. The normalized spacial score (nSPS) is 24.3. The Morgan fingerprint density at radius 1 is 1.18 bits per heavy atom. The third-order valence-electron chi connectivity index (χ3n) is 4.95. The average Bonchev–Trinajstić information content (AvgIpc) is 3.14. The van der Waals surface area contributed by atoms with Gasteiger partial charge in [0.15, 0.2) is 5.22 Å². The molecule has 0 amide bonds. The van der Waals surface area contributed by atoms with Gasteiger partial charge in [-0.15, -0.1) is 0 Å². The summed E-state index contributed by atoms with van der Waals surface area (Å²) in [6, 6.07) is 8.81. The Balaban J connectivity index is 1.46. The fraction of sp³-hybridized carbons (Fsp3) is 0.529. The first-order valence-electron chi connectivity index (χ1n) is 8.14. The maximum Gasteiger partial charge on any atom is 0.199 e. The molecule has 1 unspecified atom stereocenters. The minimum absolute atomic E-state index is 0.548. The zero-order valence-electron chi connectivity index (χ0n) is 12.7. The van der Waals surface area contributed by atoms with E-state index in [1.165, 1.54) is 19.5 Å². The molecule has 1 N–H and O–H groups in total. The van der Waals surface area contributed by atoms with Crippen LogP contribution in [0.1, 0.15) is 12.0 Å². The van der Waals surface area contributed by atoms with Gasteiger partial charge in [-0.1, -0.05) is 18.2 Å². The van der Waals surface area contributed by atoms with Crippen LogP contribution < -0.4 is 5.32 Å². The van der Waals surface area contributed by atoms with Gasteiger partial charge in [-0.2, -0.15) is 0 Å². The second-order valence-corrected chi connectivity index (χ2v) is 6.66. The lowest BCUT2D eigenvalue weighted by atomic mass is 10.1. The number of piperazine rings is 1. The van der Waals surface area contributed by atoms with Gasteiger partial charge < -0.3 is 9.73 Å². The third kappa shape index (κ3) is 2.76. The van der Waals surface area contributed by atoms with E-state index in [0.29, 0.717) is 11.3 Å². The summed E-state index contributed by atoms with van der Waals surface area (Å²) in [5.41, 5.74) is 2.03. The van der Waals surface area contributed by atoms with Crippen molar-refractivity contribution in [1.82, 2.24) is 15.1 Å². The molecule has 1 atom stereocenters.